The molecule has 1 aliphatic rings. The molecule has 2 N–H and O–H groups in total. The van der Waals surface area contributed by atoms with Gasteiger partial charge in [0.15, 0.2) is 0 Å². The zero-order chi connectivity index (χ0) is 23.9. The Hall–Kier alpha value is -3.64. The van der Waals surface area contributed by atoms with Crippen LogP contribution in [-0.4, -0.2) is 9.97 Å². The van der Waals surface area contributed by atoms with Gasteiger partial charge in [-0.25, -0.2) is 0 Å². The van der Waals surface area contributed by atoms with Gasteiger partial charge in [0.2, 0.25) is 0 Å². The molecule has 0 aliphatic heterocycles. The second-order valence-corrected chi connectivity index (χ2v) is 11.5. The highest BCUT2D eigenvalue weighted by molar-refractivity contribution is 7.14. The summed E-state index contributed by atoms with van der Waals surface area (Å²) in [5.41, 5.74) is 11.3. The van der Waals surface area contributed by atoms with Gasteiger partial charge in [-0.3, -0.25) is 0 Å². The molecule has 0 bridgehead atoms. The van der Waals surface area contributed by atoms with Crippen molar-refractivity contribution in [2.75, 3.05) is 0 Å². The number of aromatic amines is 2. The summed E-state index contributed by atoms with van der Waals surface area (Å²) >= 11 is 5.40. The fourth-order valence-corrected chi connectivity index (χ4v) is 7.70. The van der Waals surface area contributed by atoms with Crippen LogP contribution >= 0.6 is 34.0 Å². The van der Waals surface area contributed by atoms with E-state index < -0.39 is 0 Å². The smallest absolute Gasteiger partial charge is 0.0583 e. The maximum atomic E-state index is 3.40. The third kappa shape index (κ3) is 3.77. The van der Waals surface area contributed by atoms with Crippen LogP contribution in [0.3, 0.4) is 0 Å². The largest absolute Gasteiger partial charge is 0.361 e. The fourth-order valence-electron chi connectivity index (χ4n) is 4.93. The average molecular weight is 519 g/mol. The molecule has 7 rings (SSSR count). The first kappa shape index (κ1) is 21.6. The quantitative estimate of drug-likeness (QED) is 0.220. The zero-order valence-corrected chi connectivity index (χ0v) is 21.8. The monoisotopic (exact) mass is 518 g/mol. The van der Waals surface area contributed by atoms with Crippen molar-refractivity contribution in [2.45, 2.75) is 6.42 Å². The van der Waals surface area contributed by atoms with E-state index in [-0.39, 0.29) is 0 Å². The summed E-state index contributed by atoms with van der Waals surface area (Å²) in [5, 5.41) is 6.61. The molecule has 0 unspecified atom stereocenters. The van der Waals surface area contributed by atoms with Crippen LogP contribution in [0.25, 0.3) is 60.1 Å². The first-order chi connectivity index (χ1) is 17.8. The van der Waals surface area contributed by atoms with Crippen LogP contribution in [0.2, 0.25) is 0 Å². The zero-order valence-electron chi connectivity index (χ0n) is 19.3. The van der Waals surface area contributed by atoms with Gasteiger partial charge in [0.05, 0.1) is 21.1 Å². The Bertz CT molecular complexity index is 1610. The average Bonchev–Trinajstić information content (AvgIpc) is 3.76. The van der Waals surface area contributed by atoms with Crippen molar-refractivity contribution in [3.05, 3.63) is 112 Å². The van der Waals surface area contributed by atoms with Crippen LogP contribution in [0.1, 0.15) is 11.3 Å². The highest BCUT2D eigenvalue weighted by Crippen LogP contribution is 2.44. The number of nitrogens with one attached hydrogen (secondary N) is 2. The molecule has 0 radical (unpaired) electrons. The molecular weight excluding hydrogens is 497 g/mol. The van der Waals surface area contributed by atoms with Crippen molar-refractivity contribution in [2.24, 2.45) is 0 Å². The number of thiophene rings is 3. The minimum absolute atomic E-state index is 1.00. The second-order valence-electron chi connectivity index (χ2n) is 8.78. The number of aromatic nitrogens is 2. The Morgan fingerprint density at radius 2 is 1.08 bits per heavy atom. The van der Waals surface area contributed by atoms with Crippen LogP contribution in [0.5, 0.6) is 0 Å². The molecular formula is C31H22N2S3. The standard InChI is InChI=1S/C31H22N2S3/c1-2-6-20(5-1)29-24(9-14-34-29)21-17-22(25-10-15-35-30(25)27-7-3-12-32-27)19-23(18-21)26-11-16-36-31(26)28-8-4-13-33-28/h1-5,7-19,32-33H,6H2. The van der Waals surface area contributed by atoms with Gasteiger partial charge in [-0.2, -0.15) is 0 Å². The van der Waals surface area contributed by atoms with Crippen LogP contribution in [-0.2, 0) is 0 Å². The van der Waals surface area contributed by atoms with Crippen LogP contribution in [0.15, 0.2) is 107 Å². The number of H-pyrrole nitrogens is 2. The molecule has 0 saturated carbocycles. The highest BCUT2D eigenvalue weighted by Gasteiger charge is 2.18. The molecule has 2 nitrogen and oxygen atoms in total. The van der Waals surface area contributed by atoms with Gasteiger partial charge < -0.3 is 9.97 Å². The Morgan fingerprint density at radius 3 is 1.53 bits per heavy atom. The number of benzene rings is 1. The lowest BCUT2D eigenvalue weighted by atomic mass is 9.92. The maximum absolute atomic E-state index is 3.40. The molecule has 1 aromatic carbocycles. The van der Waals surface area contributed by atoms with Crippen molar-refractivity contribution in [3.8, 4) is 54.5 Å². The molecule has 5 heterocycles. The van der Waals surface area contributed by atoms with Gasteiger partial charge in [0.1, 0.15) is 0 Å². The number of rotatable bonds is 6. The van der Waals surface area contributed by atoms with E-state index in [0.29, 0.717) is 0 Å². The molecule has 36 heavy (non-hydrogen) atoms. The fraction of sp³-hybridized carbons (Fsp3) is 0.0323. The van der Waals surface area contributed by atoms with Crippen molar-refractivity contribution in [3.63, 3.8) is 0 Å². The molecule has 0 amide bonds. The van der Waals surface area contributed by atoms with Gasteiger partial charge >= 0.3 is 0 Å². The van der Waals surface area contributed by atoms with Crippen LogP contribution in [0.4, 0.5) is 0 Å². The van der Waals surface area contributed by atoms with Crippen molar-refractivity contribution < 1.29 is 0 Å². The predicted molar refractivity (Wildman–Crippen MR) is 158 cm³/mol. The van der Waals surface area contributed by atoms with E-state index >= 15 is 0 Å². The summed E-state index contributed by atoms with van der Waals surface area (Å²) in [4.78, 5) is 10.7. The van der Waals surface area contributed by atoms with E-state index in [1.807, 2.05) is 23.7 Å². The number of hydrogen-bond acceptors (Lipinski definition) is 3. The molecule has 0 saturated heterocycles. The van der Waals surface area contributed by atoms with E-state index in [9.17, 15) is 0 Å². The summed E-state index contributed by atoms with van der Waals surface area (Å²) in [5.74, 6) is 0. The maximum Gasteiger partial charge on any atom is 0.0583 e. The van der Waals surface area contributed by atoms with E-state index in [1.165, 1.54) is 53.6 Å². The molecule has 1 aliphatic carbocycles. The van der Waals surface area contributed by atoms with Crippen LogP contribution < -0.4 is 0 Å². The number of allylic oxidation sites excluding steroid dienone is 4. The van der Waals surface area contributed by atoms with E-state index in [2.05, 4.69) is 105 Å². The first-order valence-corrected chi connectivity index (χ1v) is 14.5. The lowest BCUT2D eigenvalue weighted by Crippen LogP contribution is -1.88. The summed E-state index contributed by atoms with van der Waals surface area (Å²) < 4.78 is 0. The SMILES string of the molecule is C1=CCC(c2sccc2-c2cc(-c3ccsc3-c3ccc[nH]3)cc(-c3ccsc3-c3ccc[nH]3)c2)=C1. The Balaban J connectivity index is 1.44. The summed E-state index contributed by atoms with van der Waals surface area (Å²) in [6, 6.07) is 22.3. The Labute approximate surface area is 221 Å². The predicted octanol–water partition coefficient (Wildman–Crippen LogP) is 10.2. The van der Waals surface area contributed by atoms with Gasteiger partial charge in [0, 0.05) is 28.4 Å². The van der Waals surface area contributed by atoms with Gasteiger partial charge in [0.25, 0.3) is 0 Å². The van der Waals surface area contributed by atoms with Gasteiger partial charge in [-0.05, 0) is 111 Å². The molecule has 6 aromatic rings. The van der Waals surface area contributed by atoms with Crippen molar-refractivity contribution >= 4 is 39.6 Å². The van der Waals surface area contributed by atoms with Crippen molar-refractivity contribution in [1.29, 1.82) is 0 Å². The lowest BCUT2D eigenvalue weighted by molar-refractivity contribution is 1.42. The van der Waals surface area contributed by atoms with Crippen LogP contribution in [0, 0.1) is 0 Å². The summed E-state index contributed by atoms with van der Waals surface area (Å²) in [7, 11) is 0. The third-order valence-electron chi connectivity index (χ3n) is 6.61. The highest BCUT2D eigenvalue weighted by atomic mass is 32.1. The first-order valence-electron chi connectivity index (χ1n) is 11.9. The van der Waals surface area contributed by atoms with Gasteiger partial charge in [-0.1, -0.05) is 18.2 Å². The molecule has 0 fully saturated rings. The minimum atomic E-state index is 1.00. The Kier molecular flexibility index (Phi) is 5.47. The van der Waals surface area contributed by atoms with E-state index in [0.717, 1.165) is 17.8 Å². The lowest BCUT2D eigenvalue weighted by Gasteiger charge is -2.13. The van der Waals surface area contributed by atoms with E-state index in [1.54, 1.807) is 22.7 Å². The molecule has 5 heteroatoms. The second kappa shape index (κ2) is 9.10. The minimum Gasteiger partial charge on any atom is -0.361 e. The number of hydrogen-bond donors (Lipinski definition) is 2. The molecule has 0 spiro atoms. The molecule has 5 aromatic heterocycles. The summed E-state index contributed by atoms with van der Waals surface area (Å²) in [6.45, 7) is 0. The topological polar surface area (TPSA) is 31.6 Å². The molecule has 0 atom stereocenters. The van der Waals surface area contributed by atoms with Gasteiger partial charge in [-0.15, -0.1) is 34.0 Å². The summed E-state index contributed by atoms with van der Waals surface area (Å²) in [6.07, 6.45) is 11.7. The Morgan fingerprint density at radius 1 is 0.583 bits per heavy atom. The molecule has 174 valence electrons. The third-order valence-corrected chi connectivity index (χ3v) is 9.50. The van der Waals surface area contributed by atoms with E-state index in [4.69, 9.17) is 0 Å². The normalized spacial score (nSPS) is 12.9. The van der Waals surface area contributed by atoms with Crippen molar-refractivity contribution in [1.82, 2.24) is 9.97 Å².